The lowest BCUT2D eigenvalue weighted by molar-refractivity contribution is 0.339. The zero-order valence-electron chi connectivity index (χ0n) is 8.50. The summed E-state index contributed by atoms with van der Waals surface area (Å²) in [6, 6.07) is 2.52. The number of nitrogens with one attached hydrogen (secondary N) is 2. The van der Waals surface area contributed by atoms with Crippen LogP contribution in [0.15, 0.2) is 18.5 Å². The summed E-state index contributed by atoms with van der Waals surface area (Å²) in [5, 5.41) is 3.44. The lowest BCUT2D eigenvalue weighted by Crippen LogP contribution is -2.29. The summed E-state index contributed by atoms with van der Waals surface area (Å²) >= 11 is 0. The van der Waals surface area contributed by atoms with Gasteiger partial charge in [0, 0.05) is 25.0 Å². The van der Waals surface area contributed by atoms with Gasteiger partial charge in [0.1, 0.15) is 0 Å². The van der Waals surface area contributed by atoms with Crippen LogP contribution >= 0.6 is 0 Å². The van der Waals surface area contributed by atoms with Gasteiger partial charge in [-0.05, 0) is 37.7 Å². The number of nitrogens with two attached hydrogens (primary N) is 1. The van der Waals surface area contributed by atoms with Crippen molar-refractivity contribution in [1.82, 2.24) is 4.98 Å². The van der Waals surface area contributed by atoms with E-state index >= 15 is 0 Å². The van der Waals surface area contributed by atoms with E-state index in [0.717, 1.165) is 12.5 Å². The predicted octanol–water partition coefficient (Wildman–Crippen LogP) is 1.94. The first-order valence-corrected chi connectivity index (χ1v) is 5.47. The number of H-pyrrole nitrogens is 1. The van der Waals surface area contributed by atoms with Crippen molar-refractivity contribution in [3.63, 3.8) is 0 Å². The van der Waals surface area contributed by atoms with Gasteiger partial charge in [-0.2, -0.15) is 0 Å². The van der Waals surface area contributed by atoms with Crippen molar-refractivity contribution in [3.8, 4) is 0 Å². The highest BCUT2D eigenvalue weighted by Crippen LogP contribution is 2.23. The Morgan fingerprint density at radius 2 is 2.14 bits per heavy atom. The zero-order valence-corrected chi connectivity index (χ0v) is 8.50. The molecule has 0 amide bonds. The monoisotopic (exact) mass is 193 g/mol. The van der Waals surface area contributed by atoms with Crippen LogP contribution in [0.4, 0.5) is 5.69 Å². The molecular weight excluding hydrogens is 174 g/mol. The van der Waals surface area contributed by atoms with Crippen molar-refractivity contribution in [2.45, 2.75) is 31.7 Å². The van der Waals surface area contributed by atoms with Gasteiger partial charge in [-0.15, -0.1) is 0 Å². The Labute approximate surface area is 85.1 Å². The van der Waals surface area contributed by atoms with E-state index in [2.05, 4.69) is 16.4 Å². The molecule has 3 heteroatoms. The standard InChI is InChI=1S/C11H19N3/c12-10-3-1-9(2-4-10)7-14-11-5-6-13-8-11/h5-6,8-10,13-14H,1-4,7,12H2. The molecule has 1 aliphatic rings. The lowest BCUT2D eigenvalue weighted by Gasteiger charge is -2.26. The number of hydrogen-bond donors (Lipinski definition) is 3. The van der Waals surface area contributed by atoms with Crippen LogP contribution in [0.25, 0.3) is 0 Å². The smallest absolute Gasteiger partial charge is 0.0517 e. The molecule has 0 aliphatic heterocycles. The van der Waals surface area contributed by atoms with Crippen LogP contribution in [0.1, 0.15) is 25.7 Å². The molecule has 2 rings (SSSR count). The molecule has 1 aliphatic carbocycles. The summed E-state index contributed by atoms with van der Waals surface area (Å²) in [5.41, 5.74) is 7.06. The normalized spacial score (nSPS) is 27.5. The second-order valence-electron chi connectivity index (χ2n) is 4.26. The molecule has 0 bridgehead atoms. The number of hydrogen-bond acceptors (Lipinski definition) is 2. The van der Waals surface area contributed by atoms with E-state index in [1.54, 1.807) is 0 Å². The van der Waals surface area contributed by atoms with E-state index in [-0.39, 0.29) is 0 Å². The maximum absolute atomic E-state index is 5.86. The zero-order chi connectivity index (χ0) is 9.80. The third kappa shape index (κ3) is 2.51. The molecular formula is C11H19N3. The summed E-state index contributed by atoms with van der Waals surface area (Å²) in [7, 11) is 0. The Morgan fingerprint density at radius 3 is 2.79 bits per heavy atom. The molecule has 1 aromatic heterocycles. The minimum Gasteiger partial charge on any atom is -0.384 e. The molecule has 3 nitrogen and oxygen atoms in total. The summed E-state index contributed by atoms with van der Waals surface area (Å²) in [5.74, 6) is 0.810. The van der Waals surface area contributed by atoms with Crippen LogP contribution in [-0.2, 0) is 0 Å². The Hall–Kier alpha value is -0.960. The summed E-state index contributed by atoms with van der Waals surface area (Å²) < 4.78 is 0. The van der Waals surface area contributed by atoms with Crippen LogP contribution < -0.4 is 11.1 Å². The minimum atomic E-state index is 0.457. The highest BCUT2D eigenvalue weighted by atomic mass is 14.9. The average molecular weight is 193 g/mol. The first-order valence-electron chi connectivity index (χ1n) is 5.47. The lowest BCUT2D eigenvalue weighted by atomic mass is 9.86. The first-order chi connectivity index (χ1) is 6.84. The Morgan fingerprint density at radius 1 is 1.36 bits per heavy atom. The summed E-state index contributed by atoms with van der Waals surface area (Å²) in [6.07, 6.45) is 8.88. The van der Waals surface area contributed by atoms with E-state index in [4.69, 9.17) is 5.73 Å². The fourth-order valence-corrected chi connectivity index (χ4v) is 2.09. The topological polar surface area (TPSA) is 53.8 Å². The number of aromatic amines is 1. The molecule has 0 saturated heterocycles. The molecule has 14 heavy (non-hydrogen) atoms. The van der Waals surface area contributed by atoms with E-state index in [9.17, 15) is 0 Å². The van der Waals surface area contributed by atoms with Gasteiger partial charge in [0.25, 0.3) is 0 Å². The molecule has 0 spiro atoms. The second-order valence-corrected chi connectivity index (χ2v) is 4.26. The molecule has 1 fully saturated rings. The maximum Gasteiger partial charge on any atom is 0.0517 e. The van der Waals surface area contributed by atoms with E-state index < -0.39 is 0 Å². The molecule has 0 atom stereocenters. The Balaban J connectivity index is 1.71. The molecule has 4 N–H and O–H groups in total. The van der Waals surface area contributed by atoms with E-state index in [1.165, 1.54) is 31.4 Å². The van der Waals surface area contributed by atoms with Gasteiger partial charge in [0.2, 0.25) is 0 Å². The third-order valence-electron chi connectivity index (χ3n) is 3.08. The Bertz CT molecular complexity index is 248. The van der Waals surface area contributed by atoms with Gasteiger partial charge in [0.05, 0.1) is 5.69 Å². The van der Waals surface area contributed by atoms with E-state index in [1.807, 2.05) is 12.4 Å². The van der Waals surface area contributed by atoms with E-state index in [0.29, 0.717) is 6.04 Å². The van der Waals surface area contributed by atoms with Gasteiger partial charge in [-0.25, -0.2) is 0 Å². The van der Waals surface area contributed by atoms with Gasteiger partial charge in [0.15, 0.2) is 0 Å². The molecule has 78 valence electrons. The molecule has 1 saturated carbocycles. The van der Waals surface area contributed by atoms with Gasteiger partial charge < -0.3 is 16.0 Å². The van der Waals surface area contributed by atoms with Crippen molar-refractivity contribution < 1.29 is 0 Å². The Kier molecular flexibility index (Phi) is 3.09. The predicted molar refractivity (Wildman–Crippen MR) is 59.2 cm³/mol. The van der Waals surface area contributed by atoms with Crippen molar-refractivity contribution >= 4 is 5.69 Å². The largest absolute Gasteiger partial charge is 0.384 e. The van der Waals surface area contributed by atoms with Crippen molar-refractivity contribution in [3.05, 3.63) is 18.5 Å². The highest BCUT2D eigenvalue weighted by molar-refractivity contribution is 5.40. The number of rotatable bonds is 3. The van der Waals surface area contributed by atoms with Crippen molar-refractivity contribution in [2.75, 3.05) is 11.9 Å². The molecule has 0 aromatic carbocycles. The fraction of sp³-hybridized carbons (Fsp3) is 0.636. The quantitative estimate of drug-likeness (QED) is 0.687. The number of aromatic nitrogens is 1. The van der Waals surface area contributed by atoms with Gasteiger partial charge in [-0.3, -0.25) is 0 Å². The van der Waals surface area contributed by atoms with Crippen molar-refractivity contribution in [1.29, 1.82) is 0 Å². The molecule has 1 aromatic rings. The minimum absolute atomic E-state index is 0.457. The van der Waals surface area contributed by atoms with Crippen LogP contribution in [0, 0.1) is 5.92 Å². The van der Waals surface area contributed by atoms with Crippen LogP contribution in [0.2, 0.25) is 0 Å². The third-order valence-corrected chi connectivity index (χ3v) is 3.08. The molecule has 0 radical (unpaired) electrons. The summed E-state index contributed by atoms with van der Waals surface area (Å²) in [4.78, 5) is 3.04. The van der Waals surface area contributed by atoms with Crippen LogP contribution in [0.3, 0.4) is 0 Å². The van der Waals surface area contributed by atoms with Crippen molar-refractivity contribution in [2.24, 2.45) is 11.7 Å². The van der Waals surface area contributed by atoms with Crippen LogP contribution in [-0.4, -0.2) is 17.6 Å². The molecule has 1 heterocycles. The second kappa shape index (κ2) is 4.51. The fourth-order valence-electron chi connectivity index (χ4n) is 2.09. The average Bonchev–Trinajstić information content (AvgIpc) is 2.70. The SMILES string of the molecule is NC1CCC(CNc2cc[nH]c2)CC1. The number of anilines is 1. The summed E-state index contributed by atoms with van der Waals surface area (Å²) in [6.45, 7) is 1.09. The molecule has 0 unspecified atom stereocenters. The van der Waals surface area contributed by atoms with Gasteiger partial charge in [-0.1, -0.05) is 0 Å². The van der Waals surface area contributed by atoms with Crippen LogP contribution in [0.5, 0.6) is 0 Å². The maximum atomic E-state index is 5.86. The highest BCUT2D eigenvalue weighted by Gasteiger charge is 2.17. The van der Waals surface area contributed by atoms with Gasteiger partial charge >= 0.3 is 0 Å². The first kappa shape index (κ1) is 9.59.